The Morgan fingerprint density at radius 3 is 2.62 bits per heavy atom. The molecule has 0 saturated carbocycles. The number of aryl methyl sites for hydroxylation is 1. The van der Waals surface area contributed by atoms with Gasteiger partial charge in [0, 0.05) is 26.2 Å². The van der Waals surface area contributed by atoms with Crippen LogP contribution in [0.25, 0.3) is 0 Å². The molecule has 116 valence electrons. The molecule has 0 aliphatic rings. The summed E-state index contributed by atoms with van der Waals surface area (Å²) in [5.74, 6) is -0.0510. The lowest BCUT2D eigenvalue weighted by atomic mass is 10.1. The molecular weight excluding hydrogens is 272 g/mol. The van der Waals surface area contributed by atoms with Gasteiger partial charge in [-0.3, -0.25) is 4.79 Å². The summed E-state index contributed by atoms with van der Waals surface area (Å²) in [5, 5.41) is 8.72. The van der Waals surface area contributed by atoms with E-state index in [9.17, 15) is 4.79 Å². The van der Waals surface area contributed by atoms with E-state index in [1.165, 1.54) is 0 Å². The first kappa shape index (κ1) is 17.2. The summed E-state index contributed by atoms with van der Waals surface area (Å²) in [6.07, 6.45) is 4.39. The Kier molecular flexibility index (Phi) is 8.16. The second kappa shape index (κ2) is 9.96. The summed E-state index contributed by atoms with van der Waals surface area (Å²) < 4.78 is 15.7. The van der Waals surface area contributed by atoms with Crippen LogP contribution in [0.1, 0.15) is 17.5 Å². The largest absolute Gasteiger partial charge is 0.489 e. The van der Waals surface area contributed by atoms with Gasteiger partial charge < -0.3 is 19.3 Å². The second-order valence-electron chi connectivity index (χ2n) is 4.51. The third-order valence-electron chi connectivity index (χ3n) is 2.82. The molecule has 0 atom stereocenters. The van der Waals surface area contributed by atoms with Gasteiger partial charge in [-0.2, -0.15) is 0 Å². The maximum Gasteiger partial charge on any atom is 0.303 e. The van der Waals surface area contributed by atoms with Crippen LogP contribution in [0.2, 0.25) is 0 Å². The molecule has 0 saturated heterocycles. The van der Waals surface area contributed by atoms with Crippen molar-refractivity contribution >= 4 is 5.97 Å². The van der Waals surface area contributed by atoms with Crippen LogP contribution >= 0.6 is 0 Å². The zero-order valence-electron chi connectivity index (χ0n) is 12.5. The molecule has 1 N–H and O–H groups in total. The number of carbonyl (C=O) groups is 1. The Balaban J connectivity index is 2.67. The highest BCUT2D eigenvalue weighted by Gasteiger charge is 2.06. The average molecular weight is 294 g/mol. The first-order valence-corrected chi connectivity index (χ1v) is 6.76. The molecule has 5 heteroatoms. The number of hydrogen-bond donors (Lipinski definition) is 1. The number of ether oxygens (including phenoxy) is 3. The van der Waals surface area contributed by atoms with Crippen molar-refractivity contribution in [3.8, 4) is 5.75 Å². The molecule has 0 aromatic heterocycles. The zero-order chi connectivity index (χ0) is 15.5. The number of benzene rings is 1. The van der Waals surface area contributed by atoms with Crippen LogP contribution in [0.3, 0.4) is 0 Å². The molecule has 1 rings (SSSR count). The molecule has 0 radical (unpaired) electrons. The summed E-state index contributed by atoms with van der Waals surface area (Å²) in [7, 11) is 3.25. The molecule has 0 aliphatic heterocycles. The van der Waals surface area contributed by atoms with Crippen LogP contribution in [-0.4, -0.2) is 38.5 Å². The summed E-state index contributed by atoms with van der Waals surface area (Å²) in [5.41, 5.74) is 1.88. The number of aliphatic carboxylic acids is 1. The zero-order valence-corrected chi connectivity index (χ0v) is 12.5. The smallest absolute Gasteiger partial charge is 0.303 e. The standard InChI is InChI=1S/C16H22O5/c1-19-9-3-4-10-21-15-7-5-13(6-8-16(17)18)11-14(15)12-20-2/h3-5,7,11H,6,8-10,12H2,1-2H3,(H,17,18). The van der Waals surface area contributed by atoms with E-state index in [2.05, 4.69) is 0 Å². The molecule has 21 heavy (non-hydrogen) atoms. The Morgan fingerprint density at radius 2 is 1.95 bits per heavy atom. The van der Waals surface area contributed by atoms with Crippen LogP contribution in [-0.2, 0) is 27.3 Å². The van der Waals surface area contributed by atoms with Crippen LogP contribution in [0, 0.1) is 0 Å². The number of methoxy groups -OCH3 is 2. The maximum absolute atomic E-state index is 10.6. The molecule has 0 amide bonds. The van der Waals surface area contributed by atoms with Gasteiger partial charge in [-0.25, -0.2) is 0 Å². The van der Waals surface area contributed by atoms with Crippen molar-refractivity contribution in [1.82, 2.24) is 0 Å². The monoisotopic (exact) mass is 294 g/mol. The van der Waals surface area contributed by atoms with E-state index in [4.69, 9.17) is 19.3 Å². The van der Waals surface area contributed by atoms with E-state index in [1.807, 2.05) is 30.4 Å². The SMILES string of the molecule is COCC=CCOc1ccc(CCC(=O)O)cc1COC. The molecule has 0 fully saturated rings. The average Bonchev–Trinajstić information content (AvgIpc) is 2.47. The van der Waals surface area contributed by atoms with E-state index in [-0.39, 0.29) is 6.42 Å². The van der Waals surface area contributed by atoms with Crippen molar-refractivity contribution in [3.05, 3.63) is 41.5 Å². The third-order valence-corrected chi connectivity index (χ3v) is 2.82. The first-order valence-electron chi connectivity index (χ1n) is 6.76. The van der Waals surface area contributed by atoms with Gasteiger partial charge in [-0.15, -0.1) is 0 Å². The highest BCUT2D eigenvalue weighted by molar-refractivity contribution is 5.67. The Labute approximate surface area is 125 Å². The highest BCUT2D eigenvalue weighted by atomic mass is 16.5. The van der Waals surface area contributed by atoms with Gasteiger partial charge in [0.25, 0.3) is 0 Å². The minimum absolute atomic E-state index is 0.117. The lowest BCUT2D eigenvalue weighted by molar-refractivity contribution is -0.136. The van der Waals surface area contributed by atoms with E-state index < -0.39 is 5.97 Å². The molecule has 0 bridgehead atoms. The number of rotatable bonds is 10. The van der Waals surface area contributed by atoms with Gasteiger partial charge in [0.1, 0.15) is 12.4 Å². The van der Waals surface area contributed by atoms with Crippen molar-refractivity contribution in [2.45, 2.75) is 19.4 Å². The molecular formula is C16H22O5. The van der Waals surface area contributed by atoms with Gasteiger partial charge in [-0.05, 0) is 30.2 Å². The molecule has 0 spiro atoms. The molecule has 1 aromatic carbocycles. The van der Waals surface area contributed by atoms with E-state index in [0.717, 1.165) is 16.9 Å². The molecule has 1 aromatic rings. The maximum atomic E-state index is 10.6. The number of hydrogen-bond acceptors (Lipinski definition) is 4. The normalized spacial score (nSPS) is 11.0. The molecule has 0 aliphatic carbocycles. The first-order chi connectivity index (χ1) is 10.2. The lowest BCUT2D eigenvalue weighted by Crippen LogP contribution is -2.02. The fraction of sp³-hybridized carbons (Fsp3) is 0.438. The second-order valence-corrected chi connectivity index (χ2v) is 4.51. The van der Waals surface area contributed by atoms with Crippen LogP contribution in [0.5, 0.6) is 5.75 Å². The van der Waals surface area contributed by atoms with Crippen molar-refractivity contribution in [2.75, 3.05) is 27.4 Å². The summed E-state index contributed by atoms with van der Waals surface area (Å²) in [4.78, 5) is 10.6. The number of carboxylic acids is 1. The summed E-state index contributed by atoms with van der Waals surface area (Å²) >= 11 is 0. The Hall–Kier alpha value is -1.85. The number of carboxylic acid groups (broad SMARTS) is 1. The Morgan fingerprint density at radius 1 is 1.19 bits per heavy atom. The van der Waals surface area contributed by atoms with Crippen molar-refractivity contribution in [1.29, 1.82) is 0 Å². The van der Waals surface area contributed by atoms with Gasteiger partial charge >= 0.3 is 5.97 Å². The van der Waals surface area contributed by atoms with Crippen molar-refractivity contribution in [2.24, 2.45) is 0 Å². The predicted octanol–water partition coefficient (Wildman–Crippen LogP) is 2.43. The minimum atomic E-state index is -0.799. The van der Waals surface area contributed by atoms with Gasteiger partial charge in [0.05, 0.1) is 13.2 Å². The van der Waals surface area contributed by atoms with Crippen LogP contribution in [0.15, 0.2) is 30.4 Å². The third kappa shape index (κ3) is 6.92. The fourth-order valence-electron chi connectivity index (χ4n) is 1.82. The van der Waals surface area contributed by atoms with Gasteiger partial charge in [0.15, 0.2) is 0 Å². The van der Waals surface area contributed by atoms with Crippen molar-refractivity contribution in [3.63, 3.8) is 0 Å². The Bertz CT molecular complexity index is 468. The van der Waals surface area contributed by atoms with E-state index in [0.29, 0.717) is 26.2 Å². The molecule has 5 nitrogen and oxygen atoms in total. The summed E-state index contributed by atoms with van der Waals surface area (Å²) in [6.45, 7) is 1.44. The lowest BCUT2D eigenvalue weighted by Gasteiger charge is -2.11. The highest BCUT2D eigenvalue weighted by Crippen LogP contribution is 2.22. The van der Waals surface area contributed by atoms with Crippen LogP contribution < -0.4 is 4.74 Å². The van der Waals surface area contributed by atoms with Crippen molar-refractivity contribution < 1.29 is 24.1 Å². The van der Waals surface area contributed by atoms with Gasteiger partial charge in [-0.1, -0.05) is 12.1 Å². The summed E-state index contributed by atoms with van der Waals surface area (Å²) in [6, 6.07) is 5.67. The predicted molar refractivity (Wildman–Crippen MR) is 79.6 cm³/mol. The van der Waals surface area contributed by atoms with Gasteiger partial charge in [0.2, 0.25) is 0 Å². The fourth-order valence-corrected chi connectivity index (χ4v) is 1.82. The van der Waals surface area contributed by atoms with E-state index >= 15 is 0 Å². The van der Waals surface area contributed by atoms with Crippen LogP contribution in [0.4, 0.5) is 0 Å². The molecule has 0 unspecified atom stereocenters. The minimum Gasteiger partial charge on any atom is -0.489 e. The quantitative estimate of drug-likeness (QED) is 0.671. The molecule has 0 heterocycles. The van der Waals surface area contributed by atoms with E-state index in [1.54, 1.807) is 14.2 Å². The topological polar surface area (TPSA) is 65.0 Å².